The minimum Gasteiger partial charge on any atom is -0.394 e. The molecule has 0 spiro atoms. The molecule has 16 heavy (non-hydrogen) atoms. The van der Waals surface area contributed by atoms with Crippen molar-refractivity contribution in [1.29, 1.82) is 0 Å². The lowest BCUT2D eigenvalue weighted by molar-refractivity contribution is 0.100. The van der Waals surface area contributed by atoms with Crippen LogP contribution >= 0.6 is 11.3 Å². The van der Waals surface area contributed by atoms with E-state index in [9.17, 15) is 9.90 Å². The predicted octanol–water partition coefficient (Wildman–Crippen LogP) is 1.06. The Morgan fingerprint density at radius 3 is 2.81 bits per heavy atom. The summed E-state index contributed by atoms with van der Waals surface area (Å²) < 4.78 is 0. The number of primary amides is 1. The molecular formula is C10H17N3O2S. The lowest BCUT2D eigenvalue weighted by atomic mass is 10.1. The first-order chi connectivity index (χ1) is 7.52. The standard InChI is InChI=1S/C10H17N3O2S/c1-6(2)3-7(5-14)13-10-12-4-8(16-10)9(11)15/h4,6-7,14H,3,5H2,1-2H3,(H2,11,15)(H,12,13)/t7-/m1/s1. The van der Waals surface area contributed by atoms with E-state index in [2.05, 4.69) is 24.1 Å². The first-order valence-electron chi connectivity index (χ1n) is 5.16. The van der Waals surface area contributed by atoms with Gasteiger partial charge < -0.3 is 16.2 Å². The molecule has 1 amide bonds. The van der Waals surface area contributed by atoms with Crippen LogP contribution in [0, 0.1) is 5.92 Å². The largest absolute Gasteiger partial charge is 0.394 e. The lowest BCUT2D eigenvalue weighted by Crippen LogP contribution is -2.25. The summed E-state index contributed by atoms with van der Waals surface area (Å²) in [5, 5.41) is 12.9. The van der Waals surface area contributed by atoms with Gasteiger partial charge in [-0.3, -0.25) is 4.79 Å². The molecule has 0 saturated carbocycles. The van der Waals surface area contributed by atoms with Crippen molar-refractivity contribution in [3.8, 4) is 0 Å². The minimum atomic E-state index is -0.477. The van der Waals surface area contributed by atoms with Gasteiger partial charge in [-0.25, -0.2) is 4.98 Å². The Kier molecular flexibility index (Phi) is 4.70. The van der Waals surface area contributed by atoms with Crippen molar-refractivity contribution in [2.75, 3.05) is 11.9 Å². The zero-order valence-electron chi connectivity index (χ0n) is 9.43. The normalized spacial score (nSPS) is 12.8. The van der Waals surface area contributed by atoms with Gasteiger partial charge in [0.15, 0.2) is 5.13 Å². The van der Waals surface area contributed by atoms with Crippen LogP contribution in [-0.4, -0.2) is 28.6 Å². The van der Waals surface area contributed by atoms with Gasteiger partial charge in [-0.15, -0.1) is 0 Å². The molecule has 0 aromatic carbocycles. The SMILES string of the molecule is CC(C)C[C@H](CO)Nc1ncc(C(N)=O)s1. The molecule has 1 atom stereocenters. The van der Waals surface area contributed by atoms with Crippen molar-refractivity contribution in [3.05, 3.63) is 11.1 Å². The zero-order valence-corrected chi connectivity index (χ0v) is 10.3. The summed E-state index contributed by atoms with van der Waals surface area (Å²) in [5.41, 5.74) is 5.13. The van der Waals surface area contributed by atoms with Gasteiger partial charge in [-0.2, -0.15) is 0 Å². The molecule has 0 aliphatic heterocycles. The molecule has 0 aliphatic carbocycles. The van der Waals surface area contributed by atoms with Crippen LogP contribution in [0.5, 0.6) is 0 Å². The topological polar surface area (TPSA) is 88.2 Å². The van der Waals surface area contributed by atoms with E-state index in [1.807, 2.05) is 0 Å². The number of nitrogens with two attached hydrogens (primary N) is 1. The Hall–Kier alpha value is -1.14. The molecule has 6 heteroatoms. The number of thiazole rings is 1. The van der Waals surface area contributed by atoms with Crippen LogP contribution in [0.2, 0.25) is 0 Å². The van der Waals surface area contributed by atoms with E-state index in [4.69, 9.17) is 5.73 Å². The number of nitrogens with one attached hydrogen (secondary N) is 1. The first kappa shape index (κ1) is 12.9. The fourth-order valence-corrected chi connectivity index (χ4v) is 2.12. The van der Waals surface area contributed by atoms with Crippen molar-refractivity contribution in [2.45, 2.75) is 26.3 Å². The second-order valence-corrected chi connectivity index (χ2v) is 5.08. The number of rotatable bonds is 6. The second kappa shape index (κ2) is 5.81. The van der Waals surface area contributed by atoms with E-state index in [0.29, 0.717) is 15.9 Å². The van der Waals surface area contributed by atoms with Crippen molar-refractivity contribution in [1.82, 2.24) is 4.98 Å². The van der Waals surface area contributed by atoms with E-state index in [1.165, 1.54) is 17.5 Å². The second-order valence-electron chi connectivity index (χ2n) is 4.05. The minimum absolute atomic E-state index is 0.0353. The fourth-order valence-electron chi connectivity index (χ4n) is 1.38. The highest BCUT2D eigenvalue weighted by Gasteiger charge is 2.13. The van der Waals surface area contributed by atoms with E-state index in [1.54, 1.807) is 0 Å². The molecule has 1 aromatic heterocycles. The van der Waals surface area contributed by atoms with Crippen molar-refractivity contribution < 1.29 is 9.90 Å². The molecule has 1 aromatic rings. The van der Waals surface area contributed by atoms with Crippen LogP contribution in [0.15, 0.2) is 6.20 Å². The Bertz CT molecular complexity index is 352. The number of carbonyl (C=O) groups is 1. The average Bonchev–Trinajstić information content (AvgIpc) is 2.64. The van der Waals surface area contributed by atoms with E-state index in [0.717, 1.165) is 6.42 Å². The molecule has 0 unspecified atom stereocenters. The molecule has 0 radical (unpaired) electrons. The quantitative estimate of drug-likeness (QED) is 0.697. The van der Waals surface area contributed by atoms with Crippen LogP contribution in [0.3, 0.4) is 0 Å². The van der Waals surface area contributed by atoms with E-state index >= 15 is 0 Å². The van der Waals surface area contributed by atoms with Crippen LogP contribution in [0.4, 0.5) is 5.13 Å². The van der Waals surface area contributed by atoms with Gasteiger partial charge in [0, 0.05) is 0 Å². The third kappa shape index (κ3) is 3.79. The monoisotopic (exact) mass is 243 g/mol. The zero-order chi connectivity index (χ0) is 12.1. The molecule has 0 bridgehead atoms. The fraction of sp³-hybridized carbons (Fsp3) is 0.600. The number of aliphatic hydroxyl groups is 1. The highest BCUT2D eigenvalue weighted by molar-refractivity contribution is 7.17. The summed E-state index contributed by atoms with van der Waals surface area (Å²) in [5.74, 6) is 0.00943. The Balaban J connectivity index is 2.59. The van der Waals surface area contributed by atoms with Gasteiger partial charge in [-0.05, 0) is 12.3 Å². The maximum Gasteiger partial charge on any atom is 0.260 e. The summed E-state index contributed by atoms with van der Waals surface area (Å²) >= 11 is 1.20. The number of anilines is 1. The van der Waals surface area contributed by atoms with Gasteiger partial charge in [0.05, 0.1) is 18.8 Å². The molecule has 0 saturated heterocycles. The number of aliphatic hydroxyl groups excluding tert-OH is 1. The van der Waals surface area contributed by atoms with E-state index in [-0.39, 0.29) is 12.6 Å². The Morgan fingerprint density at radius 1 is 1.69 bits per heavy atom. The highest BCUT2D eigenvalue weighted by atomic mass is 32.1. The third-order valence-electron chi connectivity index (χ3n) is 2.05. The van der Waals surface area contributed by atoms with Gasteiger partial charge in [0.2, 0.25) is 0 Å². The van der Waals surface area contributed by atoms with Gasteiger partial charge in [-0.1, -0.05) is 25.2 Å². The van der Waals surface area contributed by atoms with Crippen molar-refractivity contribution in [2.24, 2.45) is 11.7 Å². The maximum absolute atomic E-state index is 10.9. The Morgan fingerprint density at radius 2 is 2.38 bits per heavy atom. The van der Waals surface area contributed by atoms with Gasteiger partial charge >= 0.3 is 0 Å². The predicted molar refractivity (Wildman–Crippen MR) is 64.6 cm³/mol. The number of aromatic nitrogens is 1. The summed E-state index contributed by atoms with van der Waals surface area (Å²) in [6.07, 6.45) is 2.29. The van der Waals surface area contributed by atoms with Crippen LogP contribution in [-0.2, 0) is 0 Å². The number of nitrogens with zero attached hydrogens (tertiary/aromatic N) is 1. The van der Waals surface area contributed by atoms with Crippen LogP contribution < -0.4 is 11.1 Å². The molecule has 5 nitrogen and oxygen atoms in total. The number of hydrogen-bond donors (Lipinski definition) is 3. The summed E-state index contributed by atoms with van der Waals surface area (Å²) in [4.78, 5) is 15.3. The lowest BCUT2D eigenvalue weighted by Gasteiger charge is -2.17. The summed E-state index contributed by atoms with van der Waals surface area (Å²) in [6, 6.07) is -0.0353. The van der Waals surface area contributed by atoms with Crippen molar-refractivity contribution in [3.63, 3.8) is 0 Å². The average molecular weight is 243 g/mol. The first-order valence-corrected chi connectivity index (χ1v) is 5.97. The molecule has 0 fully saturated rings. The van der Waals surface area contributed by atoms with Crippen LogP contribution in [0.1, 0.15) is 29.9 Å². The van der Waals surface area contributed by atoms with Gasteiger partial charge in [0.1, 0.15) is 4.88 Å². The molecule has 1 rings (SSSR count). The summed E-state index contributed by atoms with van der Waals surface area (Å²) in [6.45, 7) is 4.21. The van der Waals surface area contributed by atoms with Crippen LogP contribution in [0.25, 0.3) is 0 Å². The molecular weight excluding hydrogens is 226 g/mol. The smallest absolute Gasteiger partial charge is 0.260 e. The van der Waals surface area contributed by atoms with Gasteiger partial charge in [0.25, 0.3) is 5.91 Å². The maximum atomic E-state index is 10.9. The molecule has 0 aliphatic rings. The molecule has 1 heterocycles. The third-order valence-corrected chi connectivity index (χ3v) is 3.00. The summed E-state index contributed by atoms with van der Waals surface area (Å²) in [7, 11) is 0. The number of carbonyl (C=O) groups excluding carboxylic acids is 1. The highest BCUT2D eigenvalue weighted by Crippen LogP contribution is 2.19. The molecule has 90 valence electrons. The Labute approximate surface area is 98.7 Å². The van der Waals surface area contributed by atoms with Crippen molar-refractivity contribution >= 4 is 22.4 Å². The number of amides is 1. The number of hydrogen-bond acceptors (Lipinski definition) is 5. The molecule has 4 N–H and O–H groups in total. The van der Waals surface area contributed by atoms with E-state index < -0.39 is 5.91 Å².